The second-order valence-electron chi connectivity index (χ2n) is 1.56. The zero-order chi connectivity index (χ0) is 6.85. The predicted octanol–water partition coefficient (Wildman–Crippen LogP) is 1.54. The highest BCUT2D eigenvalue weighted by Crippen LogP contribution is 2.01. The van der Waals surface area contributed by atoms with Gasteiger partial charge in [0.1, 0.15) is 5.82 Å². The summed E-state index contributed by atoms with van der Waals surface area (Å²) >= 11 is 0. The van der Waals surface area contributed by atoms with Crippen molar-refractivity contribution in [3.05, 3.63) is 36.5 Å². The lowest BCUT2D eigenvalue weighted by Crippen LogP contribution is -1.89. The summed E-state index contributed by atoms with van der Waals surface area (Å²) < 4.78 is 24.2. The molecule has 0 bridgehead atoms. The molecule has 1 nitrogen and oxygen atoms in total. The summed E-state index contributed by atoms with van der Waals surface area (Å²) in [4.78, 5) is 3.12. The Balaban J connectivity index is 3.17. The minimum Gasteiger partial charge on any atom is -0.222 e. The highest BCUT2D eigenvalue weighted by molar-refractivity contribution is 5.10. The quantitative estimate of drug-likeness (QED) is 0.483. The van der Waals surface area contributed by atoms with Gasteiger partial charge in [0.25, 0.3) is 0 Å². The molecule has 0 atom stereocenters. The molecule has 1 aromatic heterocycles. The second kappa shape index (κ2) is 2.09. The first-order valence-electron chi connectivity index (χ1n) is 2.34. The normalized spacial score (nSPS) is 9.67. The fraction of sp³-hybridized carbons (Fsp3) is 0. The first-order valence-corrected chi connectivity index (χ1v) is 2.34. The summed E-state index contributed by atoms with van der Waals surface area (Å²) in [6.07, 6.45) is 0. The van der Waals surface area contributed by atoms with Crippen LogP contribution in [-0.2, 0) is 0 Å². The van der Waals surface area contributed by atoms with Crippen molar-refractivity contribution < 1.29 is 8.78 Å². The lowest BCUT2D eigenvalue weighted by molar-refractivity contribution is 0.555. The summed E-state index contributed by atoms with van der Waals surface area (Å²) in [5, 5.41) is 0. The third kappa shape index (κ3) is 1.22. The van der Waals surface area contributed by atoms with Crippen LogP contribution >= 0.6 is 0 Å². The monoisotopic (exact) mass is 128 g/mol. The molecule has 9 heavy (non-hydrogen) atoms. The molecule has 1 aromatic rings. The number of hydrogen-bond donors (Lipinski definition) is 0. The van der Waals surface area contributed by atoms with Crippen molar-refractivity contribution in [3.8, 4) is 0 Å². The summed E-state index contributed by atoms with van der Waals surface area (Å²) in [7, 11) is 0. The molecule has 0 N–H and O–H groups in total. The van der Waals surface area contributed by atoms with Crippen LogP contribution < -0.4 is 0 Å². The average molecular weight is 128 g/mol. The van der Waals surface area contributed by atoms with Crippen LogP contribution in [0.15, 0.2) is 12.1 Å². The van der Waals surface area contributed by atoms with Crippen molar-refractivity contribution in [2.75, 3.05) is 0 Å². The molecule has 3 heteroatoms. The zero-order valence-corrected chi connectivity index (χ0v) is 4.56. The Morgan fingerprint density at radius 2 is 2.00 bits per heavy atom. The van der Waals surface area contributed by atoms with Crippen molar-refractivity contribution in [2.24, 2.45) is 0 Å². The van der Waals surface area contributed by atoms with Gasteiger partial charge in [-0.05, 0) is 19.1 Å². The average Bonchev–Trinajstić information content (AvgIpc) is 1.80. The Hall–Kier alpha value is -0.990. The second-order valence-corrected chi connectivity index (χ2v) is 1.56. The van der Waals surface area contributed by atoms with E-state index in [0.29, 0.717) is 0 Å². The van der Waals surface area contributed by atoms with Gasteiger partial charge in [0.05, 0.1) is 5.69 Å². The maximum absolute atomic E-state index is 12.2. The lowest BCUT2D eigenvalue weighted by Gasteiger charge is -1.91. The van der Waals surface area contributed by atoms with Gasteiger partial charge in [-0.25, -0.2) is 9.37 Å². The van der Waals surface area contributed by atoms with E-state index in [1.165, 1.54) is 0 Å². The van der Waals surface area contributed by atoms with Crippen LogP contribution in [0, 0.1) is 18.7 Å². The van der Waals surface area contributed by atoms with E-state index < -0.39 is 11.8 Å². The van der Waals surface area contributed by atoms with E-state index in [9.17, 15) is 8.78 Å². The van der Waals surface area contributed by atoms with Gasteiger partial charge < -0.3 is 0 Å². The number of hydrogen-bond acceptors (Lipinski definition) is 1. The van der Waals surface area contributed by atoms with Crippen molar-refractivity contribution in [1.29, 1.82) is 0 Å². The van der Waals surface area contributed by atoms with Gasteiger partial charge in [-0.2, -0.15) is 4.39 Å². The van der Waals surface area contributed by atoms with Crippen LogP contribution in [-0.4, -0.2) is 4.98 Å². The Bertz CT molecular complexity index is 222. The van der Waals surface area contributed by atoms with Crippen LogP contribution in [0.4, 0.5) is 8.78 Å². The van der Waals surface area contributed by atoms with Gasteiger partial charge in [-0.1, -0.05) is 0 Å². The summed E-state index contributed by atoms with van der Waals surface area (Å²) in [5.74, 6) is -1.29. The number of halogens is 2. The van der Waals surface area contributed by atoms with E-state index in [-0.39, 0.29) is 5.69 Å². The third-order valence-corrected chi connectivity index (χ3v) is 0.885. The summed E-state index contributed by atoms with van der Waals surface area (Å²) in [6.45, 7) is 3.15. The molecule has 1 rings (SSSR count). The molecule has 0 saturated heterocycles. The largest absolute Gasteiger partial charge is 0.222 e. The van der Waals surface area contributed by atoms with Crippen molar-refractivity contribution in [1.82, 2.24) is 4.98 Å². The van der Waals surface area contributed by atoms with E-state index in [2.05, 4.69) is 11.9 Å². The minimum absolute atomic E-state index is 0.157. The molecule has 0 spiro atoms. The van der Waals surface area contributed by atoms with Gasteiger partial charge in [0.15, 0.2) is 0 Å². The number of rotatable bonds is 0. The molecule has 0 saturated carbocycles. The molecular formula is C6H4F2N. The Morgan fingerprint density at radius 1 is 1.33 bits per heavy atom. The number of pyridine rings is 1. The fourth-order valence-corrected chi connectivity index (χ4v) is 0.458. The van der Waals surface area contributed by atoms with Crippen molar-refractivity contribution >= 4 is 0 Å². The van der Waals surface area contributed by atoms with E-state index in [1.54, 1.807) is 0 Å². The molecule has 1 heterocycles. The molecule has 47 valence electrons. The molecule has 0 fully saturated rings. The molecule has 0 aliphatic rings. The Morgan fingerprint density at radius 3 is 2.44 bits per heavy atom. The van der Waals surface area contributed by atoms with Crippen molar-refractivity contribution in [2.45, 2.75) is 0 Å². The van der Waals surface area contributed by atoms with Crippen LogP contribution in [0.2, 0.25) is 0 Å². The van der Waals surface area contributed by atoms with E-state index >= 15 is 0 Å². The predicted molar refractivity (Wildman–Crippen MR) is 28.6 cm³/mol. The fourth-order valence-electron chi connectivity index (χ4n) is 0.458. The standard InChI is InChI=1S/C6H4F2N/c1-4-5(7)2-3-6(8)9-4/h2-3H,1H2. The topological polar surface area (TPSA) is 12.9 Å². The molecular weight excluding hydrogens is 124 g/mol. The smallest absolute Gasteiger partial charge is 0.213 e. The van der Waals surface area contributed by atoms with Gasteiger partial charge in [0.2, 0.25) is 5.95 Å². The van der Waals surface area contributed by atoms with E-state index in [0.717, 1.165) is 12.1 Å². The highest BCUT2D eigenvalue weighted by Gasteiger charge is 1.97. The molecule has 0 aliphatic carbocycles. The Kier molecular flexibility index (Phi) is 1.42. The van der Waals surface area contributed by atoms with E-state index in [1.807, 2.05) is 0 Å². The summed E-state index contributed by atoms with van der Waals surface area (Å²) in [5.41, 5.74) is -0.157. The zero-order valence-electron chi connectivity index (χ0n) is 4.56. The highest BCUT2D eigenvalue weighted by atomic mass is 19.1. The van der Waals surface area contributed by atoms with Gasteiger partial charge in [0, 0.05) is 0 Å². The first-order chi connectivity index (χ1) is 4.20. The van der Waals surface area contributed by atoms with Crippen LogP contribution in [0.3, 0.4) is 0 Å². The third-order valence-electron chi connectivity index (χ3n) is 0.885. The minimum atomic E-state index is -0.707. The maximum Gasteiger partial charge on any atom is 0.213 e. The van der Waals surface area contributed by atoms with Gasteiger partial charge in [-0.15, -0.1) is 0 Å². The van der Waals surface area contributed by atoms with E-state index in [4.69, 9.17) is 0 Å². The number of aromatic nitrogens is 1. The maximum atomic E-state index is 12.2. The van der Waals surface area contributed by atoms with Crippen molar-refractivity contribution in [3.63, 3.8) is 0 Å². The lowest BCUT2D eigenvalue weighted by atomic mass is 10.4. The van der Waals surface area contributed by atoms with Crippen LogP contribution in [0.25, 0.3) is 0 Å². The molecule has 0 aromatic carbocycles. The number of nitrogens with zero attached hydrogens (tertiary/aromatic N) is 1. The van der Waals surface area contributed by atoms with Crippen LogP contribution in [0.1, 0.15) is 5.69 Å². The van der Waals surface area contributed by atoms with Gasteiger partial charge in [-0.3, -0.25) is 0 Å². The van der Waals surface area contributed by atoms with Crippen LogP contribution in [0.5, 0.6) is 0 Å². The first kappa shape index (κ1) is 6.13. The molecule has 0 amide bonds. The Labute approximate surface area is 51.3 Å². The molecule has 0 aliphatic heterocycles. The molecule has 0 unspecified atom stereocenters. The summed E-state index contributed by atoms with van der Waals surface area (Å²) in [6, 6.07) is 1.94. The molecule has 1 radical (unpaired) electrons. The SMILES string of the molecule is [CH2]c1nc(F)ccc1F. The van der Waals surface area contributed by atoms with Gasteiger partial charge >= 0.3 is 0 Å².